The maximum absolute atomic E-state index is 11.1. The van der Waals surface area contributed by atoms with Crippen LogP contribution in [0.4, 0.5) is 0 Å². The molecule has 0 bridgehead atoms. The summed E-state index contributed by atoms with van der Waals surface area (Å²) >= 11 is 5.52. The lowest BCUT2D eigenvalue weighted by molar-refractivity contribution is -0.127. The smallest absolute Gasteiger partial charge is 0.283 e. The third kappa shape index (κ3) is 3.13. The molecule has 1 N–H and O–H groups in total. The lowest BCUT2D eigenvalue weighted by atomic mass is 10.2. The third-order valence-corrected chi connectivity index (χ3v) is 2.91. The van der Waals surface area contributed by atoms with Crippen molar-refractivity contribution in [3.05, 3.63) is 0 Å². The molecule has 1 saturated heterocycles. The van der Waals surface area contributed by atoms with Crippen LogP contribution < -0.4 is 0 Å². The van der Waals surface area contributed by atoms with Crippen LogP contribution in [-0.4, -0.2) is 42.1 Å². The van der Waals surface area contributed by atoms with Gasteiger partial charge in [-0.2, -0.15) is 8.42 Å². The van der Waals surface area contributed by atoms with E-state index in [9.17, 15) is 13.2 Å². The fraction of sp³-hybridized carbons (Fsp3) is 0.833. The molecule has 76 valence electrons. The highest BCUT2D eigenvalue weighted by atomic mass is 35.5. The number of alkyl halides is 1. The van der Waals surface area contributed by atoms with E-state index in [1.807, 2.05) is 0 Å². The number of hydrogen-bond donors (Lipinski definition) is 1. The van der Waals surface area contributed by atoms with Crippen molar-refractivity contribution >= 4 is 27.6 Å². The number of hydrogen-bond acceptors (Lipinski definition) is 3. The maximum atomic E-state index is 11.1. The number of carbonyl (C=O) groups is 1. The summed E-state index contributed by atoms with van der Waals surface area (Å²) in [5, 5.41) is 0. The first-order valence-electron chi connectivity index (χ1n) is 3.71. The minimum Gasteiger partial charge on any atom is -0.326 e. The predicted octanol–water partition coefficient (Wildman–Crippen LogP) is -0.0810. The Hall–Kier alpha value is -0.330. The Morgan fingerprint density at radius 3 is 2.62 bits per heavy atom. The average Bonchev–Trinajstić information content (AvgIpc) is 2.29. The zero-order valence-electron chi connectivity index (χ0n) is 6.81. The molecule has 0 aromatic carbocycles. The van der Waals surface area contributed by atoms with Crippen LogP contribution in [0, 0.1) is 5.92 Å². The van der Waals surface area contributed by atoms with Crippen molar-refractivity contribution in [2.45, 2.75) is 6.42 Å². The maximum Gasteiger partial charge on any atom is 0.283 e. The van der Waals surface area contributed by atoms with Gasteiger partial charge in [0, 0.05) is 18.8 Å². The van der Waals surface area contributed by atoms with Crippen LogP contribution in [0.25, 0.3) is 0 Å². The van der Waals surface area contributed by atoms with Crippen molar-refractivity contribution in [2.75, 3.05) is 18.3 Å². The third-order valence-electron chi connectivity index (χ3n) is 1.83. The first kappa shape index (κ1) is 10.7. The number of halogens is 1. The van der Waals surface area contributed by atoms with Crippen LogP contribution in [0.3, 0.4) is 0 Å². The van der Waals surface area contributed by atoms with E-state index in [0.29, 0.717) is 12.4 Å². The van der Waals surface area contributed by atoms with Gasteiger partial charge in [-0.05, 0) is 5.92 Å². The second-order valence-electron chi connectivity index (χ2n) is 3.05. The van der Waals surface area contributed by atoms with E-state index in [-0.39, 0.29) is 18.2 Å². The van der Waals surface area contributed by atoms with Crippen LogP contribution in [0.2, 0.25) is 0 Å². The largest absolute Gasteiger partial charge is 0.326 e. The molecule has 0 saturated carbocycles. The molecule has 1 aliphatic heterocycles. The van der Waals surface area contributed by atoms with Crippen LogP contribution in [0.1, 0.15) is 6.42 Å². The summed E-state index contributed by atoms with van der Waals surface area (Å²) in [5.41, 5.74) is 0. The molecule has 1 heterocycles. The van der Waals surface area contributed by atoms with Crippen molar-refractivity contribution in [1.29, 1.82) is 0 Å². The van der Waals surface area contributed by atoms with E-state index in [4.69, 9.17) is 16.2 Å². The SMILES string of the molecule is O=C1CC(CCl)CN1CS(=O)(=O)O. The molecule has 0 aromatic rings. The van der Waals surface area contributed by atoms with Gasteiger partial charge in [0.25, 0.3) is 10.1 Å². The van der Waals surface area contributed by atoms with Gasteiger partial charge in [-0.1, -0.05) is 0 Å². The topological polar surface area (TPSA) is 74.7 Å². The first-order valence-corrected chi connectivity index (χ1v) is 5.85. The normalized spacial score (nSPS) is 24.0. The van der Waals surface area contributed by atoms with E-state index < -0.39 is 16.0 Å². The number of rotatable bonds is 3. The van der Waals surface area contributed by atoms with E-state index in [0.717, 1.165) is 4.90 Å². The quantitative estimate of drug-likeness (QED) is 0.541. The fourth-order valence-corrected chi connectivity index (χ4v) is 2.13. The highest BCUT2D eigenvalue weighted by Crippen LogP contribution is 2.18. The summed E-state index contributed by atoms with van der Waals surface area (Å²) in [5.74, 6) is -0.577. The number of carbonyl (C=O) groups excluding carboxylic acids is 1. The molecule has 1 aliphatic rings. The Bertz CT molecular complexity index is 302. The molecule has 1 amide bonds. The molecule has 1 unspecified atom stereocenters. The van der Waals surface area contributed by atoms with Gasteiger partial charge in [-0.15, -0.1) is 11.6 Å². The van der Waals surface area contributed by atoms with Crippen molar-refractivity contribution in [3.8, 4) is 0 Å². The Morgan fingerprint density at radius 2 is 2.23 bits per heavy atom. The van der Waals surface area contributed by atoms with E-state index in [1.165, 1.54) is 0 Å². The van der Waals surface area contributed by atoms with Gasteiger partial charge in [-0.25, -0.2) is 0 Å². The lowest BCUT2D eigenvalue weighted by Gasteiger charge is -2.13. The van der Waals surface area contributed by atoms with Gasteiger partial charge in [0.05, 0.1) is 0 Å². The van der Waals surface area contributed by atoms with Crippen molar-refractivity contribution in [3.63, 3.8) is 0 Å². The van der Waals surface area contributed by atoms with Crippen LogP contribution in [0.5, 0.6) is 0 Å². The van der Waals surface area contributed by atoms with E-state index in [1.54, 1.807) is 0 Å². The molecule has 13 heavy (non-hydrogen) atoms. The highest BCUT2D eigenvalue weighted by Gasteiger charge is 2.31. The van der Waals surface area contributed by atoms with Crippen LogP contribution in [0.15, 0.2) is 0 Å². The van der Waals surface area contributed by atoms with E-state index >= 15 is 0 Å². The zero-order chi connectivity index (χ0) is 10.1. The number of amides is 1. The van der Waals surface area contributed by atoms with Gasteiger partial charge in [-0.3, -0.25) is 9.35 Å². The molecule has 5 nitrogen and oxygen atoms in total. The van der Waals surface area contributed by atoms with Crippen LogP contribution in [-0.2, 0) is 14.9 Å². The standard InChI is InChI=1S/C6H10ClNO4S/c7-2-5-1-6(9)8(3-5)4-13(10,11)12/h5H,1-4H2,(H,10,11,12). The second kappa shape index (κ2) is 3.81. The highest BCUT2D eigenvalue weighted by molar-refractivity contribution is 7.85. The van der Waals surface area contributed by atoms with Crippen molar-refractivity contribution < 1.29 is 17.8 Å². The molecule has 1 rings (SSSR count). The monoisotopic (exact) mass is 227 g/mol. The molecule has 0 aliphatic carbocycles. The number of nitrogens with zero attached hydrogens (tertiary/aromatic N) is 1. The van der Waals surface area contributed by atoms with Crippen molar-refractivity contribution in [1.82, 2.24) is 4.90 Å². The Labute approximate surface area is 81.4 Å². The molecular weight excluding hydrogens is 218 g/mol. The second-order valence-corrected chi connectivity index (χ2v) is 4.78. The fourth-order valence-electron chi connectivity index (χ4n) is 1.28. The minimum absolute atomic E-state index is 0.00378. The summed E-state index contributed by atoms with van der Waals surface area (Å²) in [6, 6.07) is 0. The molecule has 0 spiro atoms. The Kier molecular flexibility index (Phi) is 3.15. The number of likely N-dealkylation sites (tertiary alicyclic amines) is 1. The van der Waals surface area contributed by atoms with Gasteiger partial charge in [0.15, 0.2) is 0 Å². The first-order chi connectivity index (χ1) is 5.92. The minimum atomic E-state index is -4.11. The lowest BCUT2D eigenvalue weighted by Crippen LogP contribution is -2.31. The predicted molar refractivity (Wildman–Crippen MR) is 47.0 cm³/mol. The summed E-state index contributed by atoms with van der Waals surface area (Å²) in [7, 11) is -4.11. The van der Waals surface area contributed by atoms with Gasteiger partial charge < -0.3 is 4.90 Å². The molecular formula is C6H10ClNO4S. The van der Waals surface area contributed by atoms with Gasteiger partial charge in [0.2, 0.25) is 5.91 Å². The Balaban J connectivity index is 2.59. The molecule has 1 atom stereocenters. The summed E-state index contributed by atoms with van der Waals surface area (Å²) in [6.07, 6.45) is 0.263. The molecule has 0 radical (unpaired) electrons. The Morgan fingerprint density at radius 1 is 1.62 bits per heavy atom. The average molecular weight is 228 g/mol. The molecule has 0 aromatic heterocycles. The molecule has 1 fully saturated rings. The van der Waals surface area contributed by atoms with E-state index in [2.05, 4.69) is 0 Å². The van der Waals surface area contributed by atoms with Crippen LogP contribution >= 0.6 is 11.6 Å². The van der Waals surface area contributed by atoms with Gasteiger partial charge >= 0.3 is 0 Å². The summed E-state index contributed by atoms with van der Waals surface area (Å²) in [4.78, 5) is 12.2. The zero-order valence-corrected chi connectivity index (χ0v) is 8.38. The van der Waals surface area contributed by atoms with Gasteiger partial charge in [0.1, 0.15) is 5.88 Å². The summed E-state index contributed by atoms with van der Waals surface area (Å²) in [6.45, 7) is 0.308. The molecule has 7 heteroatoms. The summed E-state index contributed by atoms with van der Waals surface area (Å²) < 4.78 is 29.4. The van der Waals surface area contributed by atoms with Crippen molar-refractivity contribution in [2.24, 2.45) is 5.92 Å².